The van der Waals surface area contributed by atoms with E-state index >= 15 is 0 Å². The minimum absolute atomic E-state index is 0.348. The molecule has 7 heteroatoms. The molecule has 0 aromatic carbocycles. The molecule has 0 bridgehead atoms. The van der Waals surface area contributed by atoms with Gasteiger partial charge in [-0.1, -0.05) is 6.07 Å². The highest BCUT2D eigenvalue weighted by Gasteiger charge is 2.25. The normalized spacial score (nSPS) is 16.1. The molecular weight excluding hydrogens is 324 g/mol. The Labute approximate surface area is 141 Å². The maximum atomic E-state index is 11.7. The molecule has 3 aromatic heterocycles. The van der Waals surface area contributed by atoms with E-state index in [0.29, 0.717) is 4.91 Å². The number of aromatic nitrogens is 3. The quantitative estimate of drug-likeness (QED) is 0.728. The van der Waals surface area contributed by atoms with E-state index < -0.39 is 0 Å². The van der Waals surface area contributed by atoms with Crippen LogP contribution in [-0.2, 0) is 4.79 Å². The minimum Gasteiger partial charge on any atom is -0.298 e. The van der Waals surface area contributed by atoms with E-state index in [1.807, 2.05) is 47.9 Å². The maximum absolute atomic E-state index is 11.7. The number of carbonyl (C=O) groups excluding carboxylic acids is 2. The Morgan fingerprint density at radius 2 is 2.08 bits per heavy atom. The number of aryl methyl sites for hydroxylation is 1. The molecule has 24 heavy (non-hydrogen) atoms. The summed E-state index contributed by atoms with van der Waals surface area (Å²) >= 11 is 0.903. The van der Waals surface area contributed by atoms with Crippen molar-refractivity contribution in [2.45, 2.75) is 6.92 Å². The van der Waals surface area contributed by atoms with E-state index in [1.54, 1.807) is 12.3 Å². The van der Waals surface area contributed by atoms with Crippen LogP contribution in [0.3, 0.4) is 0 Å². The van der Waals surface area contributed by atoms with Gasteiger partial charge in [-0.25, -0.2) is 4.98 Å². The summed E-state index contributed by atoms with van der Waals surface area (Å²) in [5.74, 6) is -0.365. The highest BCUT2D eigenvalue weighted by Crippen LogP contribution is 2.26. The Hall–Kier alpha value is -2.93. The van der Waals surface area contributed by atoms with Crippen LogP contribution in [0.25, 0.3) is 23.1 Å². The monoisotopic (exact) mass is 336 g/mol. The van der Waals surface area contributed by atoms with Crippen molar-refractivity contribution in [1.29, 1.82) is 0 Å². The molecule has 2 amide bonds. The number of nitrogens with one attached hydrogen (secondary N) is 1. The van der Waals surface area contributed by atoms with Crippen LogP contribution in [0.15, 0.2) is 47.6 Å². The summed E-state index contributed by atoms with van der Waals surface area (Å²) in [4.78, 5) is 32.2. The van der Waals surface area contributed by atoms with Gasteiger partial charge in [0.1, 0.15) is 5.65 Å². The number of amides is 2. The van der Waals surface area contributed by atoms with Gasteiger partial charge in [-0.3, -0.25) is 24.3 Å². The van der Waals surface area contributed by atoms with Crippen LogP contribution in [0.1, 0.15) is 11.3 Å². The second-order valence-corrected chi connectivity index (χ2v) is 6.37. The van der Waals surface area contributed by atoms with E-state index in [1.165, 1.54) is 0 Å². The molecule has 4 rings (SSSR count). The summed E-state index contributed by atoms with van der Waals surface area (Å²) < 4.78 is 1.92. The first-order valence-corrected chi connectivity index (χ1v) is 8.08. The predicted molar refractivity (Wildman–Crippen MR) is 92.3 cm³/mol. The fourth-order valence-electron chi connectivity index (χ4n) is 2.53. The van der Waals surface area contributed by atoms with E-state index in [4.69, 9.17) is 0 Å². The fraction of sp³-hybridized carbons (Fsp3) is 0.0588. The highest BCUT2D eigenvalue weighted by molar-refractivity contribution is 8.18. The van der Waals surface area contributed by atoms with Crippen LogP contribution in [0.4, 0.5) is 4.79 Å². The Morgan fingerprint density at radius 1 is 1.21 bits per heavy atom. The van der Waals surface area contributed by atoms with Crippen molar-refractivity contribution in [2.24, 2.45) is 0 Å². The molecule has 3 aromatic rings. The SMILES string of the molecule is Cc1cccc(-c2cnc3ccc(C=C4SC(=O)NC4=O)cn23)n1. The molecule has 0 unspecified atom stereocenters. The molecule has 1 aliphatic heterocycles. The molecule has 0 aliphatic carbocycles. The highest BCUT2D eigenvalue weighted by atomic mass is 32.2. The van der Waals surface area contributed by atoms with Gasteiger partial charge in [0.05, 0.1) is 22.5 Å². The van der Waals surface area contributed by atoms with Crippen LogP contribution < -0.4 is 5.32 Å². The molecular formula is C17H12N4O2S. The Balaban J connectivity index is 1.81. The van der Waals surface area contributed by atoms with Gasteiger partial charge in [-0.15, -0.1) is 0 Å². The van der Waals surface area contributed by atoms with Crippen LogP contribution in [0.5, 0.6) is 0 Å². The summed E-state index contributed by atoms with van der Waals surface area (Å²) in [6.45, 7) is 1.94. The fourth-order valence-corrected chi connectivity index (χ4v) is 3.21. The van der Waals surface area contributed by atoms with E-state index in [2.05, 4.69) is 15.3 Å². The number of fused-ring (bicyclic) bond motifs is 1. The Kier molecular flexibility index (Phi) is 3.42. The zero-order chi connectivity index (χ0) is 16.7. The third-order valence-electron chi connectivity index (χ3n) is 3.62. The van der Waals surface area contributed by atoms with Crippen molar-refractivity contribution in [2.75, 3.05) is 0 Å². The van der Waals surface area contributed by atoms with Gasteiger partial charge in [0.15, 0.2) is 0 Å². The standard InChI is InChI=1S/C17H12N4O2S/c1-10-3-2-4-12(19-10)13-8-18-15-6-5-11(9-21(13)15)7-14-16(22)20-17(23)24-14/h2-9H,1H3,(H,20,22,23). The Bertz CT molecular complexity index is 1020. The molecule has 1 N–H and O–H groups in total. The molecule has 4 heterocycles. The van der Waals surface area contributed by atoms with Crippen LogP contribution in [-0.4, -0.2) is 25.5 Å². The average molecular weight is 336 g/mol. The lowest BCUT2D eigenvalue weighted by Gasteiger charge is -2.04. The van der Waals surface area contributed by atoms with E-state index in [9.17, 15) is 9.59 Å². The molecule has 1 fully saturated rings. The second-order valence-electron chi connectivity index (χ2n) is 5.35. The number of carbonyl (C=O) groups is 2. The summed E-state index contributed by atoms with van der Waals surface area (Å²) in [5, 5.41) is 1.90. The zero-order valence-corrected chi connectivity index (χ0v) is 13.5. The largest absolute Gasteiger partial charge is 0.298 e. The van der Waals surface area contributed by atoms with Crippen molar-refractivity contribution in [3.8, 4) is 11.4 Å². The second kappa shape index (κ2) is 5.61. The van der Waals surface area contributed by atoms with Crippen molar-refractivity contribution in [1.82, 2.24) is 19.7 Å². The summed E-state index contributed by atoms with van der Waals surface area (Å²) in [7, 11) is 0. The molecule has 118 valence electrons. The lowest BCUT2D eigenvalue weighted by Crippen LogP contribution is -2.17. The molecule has 1 saturated heterocycles. The third-order valence-corrected chi connectivity index (χ3v) is 4.43. The molecule has 1 aliphatic rings. The molecule has 0 radical (unpaired) electrons. The zero-order valence-electron chi connectivity index (χ0n) is 12.7. The number of rotatable bonds is 2. The molecule has 6 nitrogen and oxygen atoms in total. The van der Waals surface area contributed by atoms with Gasteiger partial charge >= 0.3 is 0 Å². The predicted octanol–water partition coefficient (Wildman–Crippen LogP) is 3.03. The van der Waals surface area contributed by atoms with Crippen molar-refractivity contribution < 1.29 is 9.59 Å². The number of hydrogen-bond donors (Lipinski definition) is 1. The van der Waals surface area contributed by atoms with Gasteiger partial charge in [-0.05, 0) is 54.6 Å². The number of thioether (sulfide) groups is 1. The number of pyridine rings is 2. The van der Waals surface area contributed by atoms with Crippen LogP contribution in [0.2, 0.25) is 0 Å². The van der Waals surface area contributed by atoms with Crippen LogP contribution in [0, 0.1) is 6.92 Å². The number of hydrogen-bond acceptors (Lipinski definition) is 5. The summed E-state index contributed by atoms with van der Waals surface area (Å²) in [5.41, 5.74) is 4.22. The molecule has 0 atom stereocenters. The van der Waals surface area contributed by atoms with Gasteiger partial charge in [0, 0.05) is 11.9 Å². The minimum atomic E-state index is -0.365. The number of nitrogens with zero attached hydrogens (tertiary/aromatic N) is 3. The first kappa shape index (κ1) is 14.6. The van der Waals surface area contributed by atoms with Gasteiger partial charge in [-0.2, -0.15) is 0 Å². The lowest BCUT2D eigenvalue weighted by molar-refractivity contribution is -0.115. The maximum Gasteiger partial charge on any atom is 0.290 e. The molecule has 0 saturated carbocycles. The van der Waals surface area contributed by atoms with E-state index in [0.717, 1.165) is 40.1 Å². The van der Waals surface area contributed by atoms with E-state index in [-0.39, 0.29) is 11.1 Å². The summed E-state index contributed by atoms with van der Waals surface area (Å²) in [6, 6.07) is 9.55. The van der Waals surface area contributed by atoms with Gasteiger partial charge < -0.3 is 0 Å². The van der Waals surface area contributed by atoms with Crippen molar-refractivity contribution >= 4 is 34.6 Å². The first-order valence-electron chi connectivity index (χ1n) is 7.26. The topological polar surface area (TPSA) is 76.4 Å². The smallest absolute Gasteiger partial charge is 0.290 e. The Morgan fingerprint density at radius 3 is 2.83 bits per heavy atom. The third kappa shape index (κ3) is 2.59. The summed E-state index contributed by atoms with van der Waals surface area (Å²) in [6.07, 6.45) is 5.34. The lowest BCUT2D eigenvalue weighted by atomic mass is 10.2. The van der Waals surface area contributed by atoms with Gasteiger partial charge in [0.2, 0.25) is 0 Å². The van der Waals surface area contributed by atoms with Crippen molar-refractivity contribution in [3.63, 3.8) is 0 Å². The van der Waals surface area contributed by atoms with Crippen molar-refractivity contribution in [3.05, 3.63) is 58.9 Å². The first-order chi connectivity index (χ1) is 11.6. The number of imide groups is 1. The number of imidazole rings is 1. The molecule has 0 spiro atoms. The van der Waals surface area contributed by atoms with Crippen LogP contribution >= 0.6 is 11.8 Å². The van der Waals surface area contributed by atoms with Gasteiger partial charge in [0.25, 0.3) is 11.1 Å². The average Bonchev–Trinajstić information content (AvgIpc) is 3.10.